The Morgan fingerprint density at radius 1 is 1.16 bits per heavy atom. The molecule has 2 rings (SSSR count). The van der Waals surface area contributed by atoms with E-state index in [0.29, 0.717) is 17.9 Å². The second-order valence-corrected chi connectivity index (χ2v) is 3.90. The third-order valence-electron chi connectivity index (χ3n) is 2.55. The third-order valence-corrected chi connectivity index (χ3v) is 2.55. The molecule has 0 unspecified atom stereocenters. The molecule has 0 aliphatic heterocycles. The van der Waals surface area contributed by atoms with Crippen LogP contribution in [-0.2, 0) is 9.53 Å². The first kappa shape index (κ1) is 13.0. The zero-order valence-electron chi connectivity index (χ0n) is 10.7. The Hall–Kier alpha value is -2.42. The summed E-state index contributed by atoms with van der Waals surface area (Å²) in [6, 6.07) is 15.1. The number of ether oxygens (including phenoxy) is 1. The Morgan fingerprint density at radius 2 is 1.89 bits per heavy atom. The Morgan fingerprint density at radius 3 is 2.53 bits per heavy atom. The van der Waals surface area contributed by atoms with E-state index < -0.39 is 0 Å². The molecule has 0 atom stereocenters. The lowest BCUT2D eigenvalue weighted by atomic mass is 10.1. The average Bonchev–Trinajstić information content (AvgIpc) is 2.47. The number of hydrogen-bond donors (Lipinski definition) is 0. The van der Waals surface area contributed by atoms with Gasteiger partial charge in [-0.05, 0) is 30.7 Å². The molecule has 0 radical (unpaired) electrons. The van der Waals surface area contributed by atoms with Crippen LogP contribution in [0, 0.1) is 0 Å². The zero-order chi connectivity index (χ0) is 13.5. The van der Waals surface area contributed by atoms with Crippen molar-refractivity contribution in [2.45, 2.75) is 6.92 Å². The first-order valence-corrected chi connectivity index (χ1v) is 6.16. The molecule has 1 aromatic heterocycles. The van der Waals surface area contributed by atoms with Gasteiger partial charge in [0.25, 0.3) is 0 Å². The molecule has 1 aromatic carbocycles. The van der Waals surface area contributed by atoms with Crippen molar-refractivity contribution in [1.29, 1.82) is 0 Å². The number of carbonyl (C=O) groups is 1. The molecule has 0 spiro atoms. The van der Waals surface area contributed by atoms with Gasteiger partial charge in [0.05, 0.1) is 17.9 Å². The summed E-state index contributed by atoms with van der Waals surface area (Å²) in [4.78, 5) is 16.2. The summed E-state index contributed by atoms with van der Waals surface area (Å²) in [7, 11) is 0. The van der Waals surface area contributed by atoms with Crippen LogP contribution >= 0.6 is 0 Å². The van der Waals surface area contributed by atoms with E-state index in [0.717, 1.165) is 5.56 Å². The first-order chi connectivity index (χ1) is 9.31. The lowest BCUT2D eigenvalue weighted by Gasteiger charge is -2.06. The molecule has 0 N–H and O–H groups in total. The maximum atomic E-state index is 12.0. The fraction of sp³-hybridized carbons (Fsp3) is 0.125. The Kier molecular flexibility index (Phi) is 4.45. The molecule has 2 aromatic rings. The lowest BCUT2D eigenvalue weighted by molar-refractivity contribution is -0.136. The van der Waals surface area contributed by atoms with E-state index in [2.05, 4.69) is 4.98 Å². The monoisotopic (exact) mass is 253 g/mol. The predicted octanol–water partition coefficient (Wildman–Crippen LogP) is 3.19. The largest absolute Gasteiger partial charge is 0.462 e. The van der Waals surface area contributed by atoms with Gasteiger partial charge in [-0.2, -0.15) is 0 Å². The summed E-state index contributed by atoms with van der Waals surface area (Å²) < 4.78 is 5.08. The molecule has 0 fully saturated rings. The highest BCUT2D eigenvalue weighted by Crippen LogP contribution is 2.17. The fourth-order valence-electron chi connectivity index (χ4n) is 1.68. The number of benzene rings is 1. The lowest BCUT2D eigenvalue weighted by Crippen LogP contribution is -2.07. The number of nitrogens with zero attached hydrogens (tertiary/aromatic N) is 1. The SMILES string of the molecule is CCOC(=O)/C(=C\c1ccccc1)c1ccccn1. The summed E-state index contributed by atoms with van der Waals surface area (Å²) >= 11 is 0. The standard InChI is InChI=1S/C16H15NO2/c1-2-19-16(18)14(15-10-6-7-11-17-15)12-13-8-4-3-5-9-13/h3-12H,2H2,1H3/b14-12-. The number of esters is 1. The van der Waals surface area contributed by atoms with Gasteiger partial charge < -0.3 is 4.74 Å². The van der Waals surface area contributed by atoms with Crippen molar-refractivity contribution in [3.8, 4) is 0 Å². The van der Waals surface area contributed by atoms with Gasteiger partial charge in [0.1, 0.15) is 0 Å². The van der Waals surface area contributed by atoms with Crippen molar-refractivity contribution >= 4 is 17.6 Å². The van der Waals surface area contributed by atoms with Crippen molar-refractivity contribution in [3.05, 3.63) is 66.0 Å². The first-order valence-electron chi connectivity index (χ1n) is 6.16. The van der Waals surface area contributed by atoms with Gasteiger partial charge in [-0.25, -0.2) is 4.79 Å². The molecule has 0 saturated carbocycles. The van der Waals surface area contributed by atoms with Crippen LogP contribution in [0.25, 0.3) is 11.6 Å². The predicted molar refractivity (Wildman–Crippen MR) is 75.2 cm³/mol. The zero-order valence-corrected chi connectivity index (χ0v) is 10.7. The van der Waals surface area contributed by atoms with Crippen LogP contribution in [0.2, 0.25) is 0 Å². The molecule has 1 heterocycles. The molecule has 0 amide bonds. The molecule has 0 saturated heterocycles. The van der Waals surface area contributed by atoms with Crippen LogP contribution in [-0.4, -0.2) is 17.6 Å². The van der Waals surface area contributed by atoms with Gasteiger partial charge in [0.2, 0.25) is 0 Å². The van der Waals surface area contributed by atoms with E-state index >= 15 is 0 Å². The number of aromatic nitrogens is 1. The normalized spacial score (nSPS) is 11.1. The number of rotatable bonds is 4. The van der Waals surface area contributed by atoms with Crippen LogP contribution in [0.4, 0.5) is 0 Å². The molecule has 0 aliphatic rings. The van der Waals surface area contributed by atoms with Crippen molar-refractivity contribution in [3.63, 3.8) is 0 Å². The quantitative estimate of drug-likeness (QED) is 0.620. The second kappa shape index (κ2) is 6.50. The van der Waals surface area contributed by atoms with Crippen LogP contribution in [0.15, 0.2) is 54.7 Å². The van der Waals surface area contributed by atoms with Gasteiger partial charge in [-0.3, -0.25) is 4.98 Å². The van der Waals surface area contributed by atoms with E-state index in [-0.39, 0.29) is 5.97 Å². The van der Waals surface area contributed by atoms with E-state index in [9.17, 15) is 4.79 Å². The highest BCUT2D eigenvalue weighted by atomic mass is 16.5. The van der Waals surface area contributed by atoms with E-state index in [1.54, 1.807) is 25.3 Å². The minimum atomic E-state index is -0.356. The molecule has 0 aliphatic carbocycles. The third kappa shape index (κ3) is 3.52. The van der Waals surface area contributed by atoms with E-state index in [1.165, 1.54) is 0 Å². The van der Waals surface area contributed by atoms with Crippen LogP contribution in [0.3, 0.4) is 0 Å². The Balaban J connectivity index is 2.41. The summed E-state index contributed by atoms with van der Waals surface area (Å²) in [5.41, 5.74) is 2.02. The van der Waals surface area contributed by atoms with Crippen LogP contribution in [0.1, 0.15) is 18.2 Å². The maximum absolute atomic E-state index is 12.0. The van der Waals surface area contributed by atoms with E-state index in [4.69, 9.17) is 4.74 Å². The summed E-state index contributed by atoms with van der Waals surface area (Å²) in [5.74, 6) is -0.356. The molecular weight excluding hydrogens is 238 g/mol. The molecule has 96 valence electrons. The Bertz CT molecular complexity index is 562. The average molecular weight is 253 g/mol. The van der Waals surface area contributed by atoms with Gasteiger partial charge in [0, 0.05) is 6.20 Å². The van der Waals surface area contributed by atoms with Gasteiger partial charge >= 0.3 is 5.97 Å². The van der Waals surface area contributed by atoms with Crippen molar-refractivity contribution < 1.29 is 9.53 Å². The van der Waals surface area contributed by atoms with Gasteiger partial charge in [-0.15, -0.1) is 0 Å². The van der Waals surface area contributed by atoms with Crippen molar-refractivity contribution in [1.82, 2.24) is 4.98 Å². The fourth-order valence-corrected chi connectivity index (χ4v) is 1.68. The van der Waals surface area contributed by atoms with Crippen molar-refractivity contribution in [2.24, 2.45) is 0 Å². The minimum Gasteiger partial charge on any atom is -0.462 e. The summed E-state index contributed by atoms with van der Waals surface area (Å²) in [6.07, 6.45) is 3.45. The molecule has 3 heteroatoms. The smallest absolute Gasteiger partial charge is 0.340 e. The van der Waals surface area contributed by atoms with Crippen LogP contribution < -0.4 is 0 Å². The number of hydrogen-bond acceptors (Lipinski definition) is 3. The molecule has 0 bridgehead atoms. The van der Waals surface area contributed by atoms with Gasteiger partial charge in [-0.1, -0.05) is 36.4 Å². The van der Waals surface area contributed by atoms with Gasteiger partial charge in [0.15, 0.2) is 0 Å². The second-order valence-electron chi connectivity index (χ2n) is 3.90. The van der Waals surface area contributed by atoms with Crippen LogP contribution in [0.5, 0.6) is 0 Å². The van der Waals surface area contributed by atoms with E-state index in [1.807, 2.05) is 42.5 Å². The molecule has 19 heavy (non-hydrogen) atoms. The summed E-state index contributed by atoms with van der Waals surface area (Å²) in [5, 5.41) is 0. The highest BCUT2D eigenvalue weighted by Gasteiger charge is 2.14. The highest BCUT2D eigenvalue weighted by molar-refractivity contribution is 6.20. The number of pyridine rings is 1. The topological polar surface area (TPSA) is 39.2 Å². The summed E-state index contributed by atoms with van der Waals surface area (Å²) in [6.45, 7) is 2.13. The number of carbonyl (C=O) groups excluding carboxylic acids is 1. The van der Waals surface area contributed by atoms with Crippen molar-refractivity contribution in [2.75, 3.05) is 6.61 Å². The Labute approximate surface area is 112 Å². The molecular formula is C16H15NO2. The minimum absolute atomic E-state index is 0.345. The maximum Gasteiger partial charge on any atom is 0.340 e. The molecule has 3 nitrogen and oxygen atoms in total.